The number of nitrogens with zero attached hydrogens (tertiary/aromatic N) is 3. The molecule has 0 atom stereocenters. The largest absolute Gasteiger partial charge is 0.332 e. The van der Waals surface area contributed by atoms with Crippen molar-refractivity contribution in [3.05, 3.63) is 88.9 Å². The quantitative estimate of drug-likeness (QED) is 0.257. The van der Waals surface area contributed by atoms with Gasteiger partial charge >= 0.3 is 0 Å². The third-order valence-corrected chi connectivity index (χ3v) is 5.96. The Kier molecular flexibility index (Phi) is 6.00. The standard InChI is InChI=1S/C24H15Cl2N5OS/c25-16-9-5-14(6-10-16)20-13-21(15-7-11-17(26)12-8-15)28-22(27-20)31-24(32)33-23-29-18-3-1-2-4-19(18)30-23/h1-13H,(H,29,30)(H,27,28,31,32). The molecule has 0 spiro atoms. The number of imidazole rings is 1. The highest BCUT2D eigenvalue weighted by Crippen LogP contribution is 2.28. The van der Waals surface area contributed by atoms with Crippen molar-refractivity contribution in [3.8, 4) is 22.5 Å². The fourth-order valence-electron chi connectivity index (χ4n) is 3.22. The van der Waals surface area contributed by atoms with Crippen LogP contribution in [0, 0.1) is 0 Å². The summed E-state index contributed by atoms with van der Waals surface area (Å²) in [5.74, 6) is 0.181. The number of carbonyl (C=O) groups is 1. The average Bonchev–Trinajstić information content (AvgIpc) is 3.22. The Morgan fingerprint density at radius 3 is 1.94 bits per heavy atom. The Balaban J connectivity index is 1.46. The summed E-state index contributed by atoms with van der Waals surface area (Å²) in [7, 11) is 0. The molecule has 2 N–H and O–H groups in total. The van der Waals surface area contributed by atoms with Crippen molar-refractivity contribution in [1.82, 2.24) is 19.9 Å². The molecule has 0 aliphatic heterocycles. The zero-order valence-corrected chi connectivity index (χ0v) is 19.2. The summed E-state index contributed by atoms with van der Waals surface area (Å²) in [6, 6.07) is 24.1. The number of nitrogens with one attached hydrogen (secondary N) is 2. The van der Waals surface area contributed by atoms with Crippen LogP contribution in [0.5, 0.6) is 0 Å². The average molecular weight is 492 g/mol. The first-order chi connectivity index (χ1) is 16.0. The minimum absolute atomic E-state index is 0.181. The van der Waals surface area contributed by atoms with Gasteiger partial charge in [-0.2, -0.15) is 0 Å². The number of halogens is 2. The molecule has 0 saturated heterocycles. The lowest BCUT2D eigenvalue weighted by atomic mass is 10.1. The third kappa shape index (κ3) is 5.01. The number of carbonyl (C=O) groups excluding carboxylic acids is 1. The number of fused-ring (bicyclic) bond motifs is 1. The molecule has 5 rings (SSSR count). The number of H-pyrrole nitrogens is 1. The van der Waals surface area contributed by atoms with Crippen molar-refractivity contribution in [2.45, 2.75) is 5.16 Å². The molecule has 3 aromatic carbocycles. The lowest BCUT2D eigenvalue weighted by molar-refractivity contribution is 0.269. The molecule has 2 heterocycles. The molecule has 5 aromatic rings. The molecular weight excluding hydrogens is 477 g/mol. The van der Waals surface area contributed by atoms with E-state index in [1.165, 1.54) is 0 Å². The normalized spacial score (nSPS) is 11.0. The first-order valence-corrected chi connectivity index (χ1v) is 11.5. The number of rotatable bonds is 4. The highest BCUT2D eigenvalue weighted by Gasteiger charge is 2.14. The van der Waals surface area contributed by atoms with Crippen LogP contribution >= 0.6 is 35.0 Å². The monoisotopic (exact) mass is 491 g/mol. The summed E-state index contributed by atoms with van der Waals surface area (Å²) in [4.78, 5) is 29.4. The Hall–Kier alpha value is -3.39. The fraction of sp³-hybridized carbons (Fsp3) is 0. The highest BCUT2D eigenvalue weighted by molar-refractivity contribution is 8.13. The smallest absolute Gasteiger partial charge is 0.293 e. The Morgan fingerprint density at radius 2 is 1.36 bits per heavy atom. The van der Waals surface area contributed by atoms with Crippen LogP contribution in [0.3, 0.4) is 0 Å². The molecule has 0 unspecified atom stereocenters. The van der Waals surface area contributed by atoms with Crippen LogP contribution in [0.1, 0.15) is 0 Å². The van der Waals surface area contributed by atoms with Crippen LogP contribution in [0.25, 0.3) is 33.5 Å². The molecule has 162 valence electrons. The van der Waals surface area contributed by atoms with E-state index in [1.807, 2.05) is 54.6 Å². The molecule has 1 amide bonds. The van der Waals surface area contributed by atoms with Gasteiger partial charge in [0.25, 0.3) is 5.24 Å². The van der Waals surface area contributed by atoms with Gasteiger partial charge in [-0.25, -0.2) is 15.0 Å². The van der Waals surface area contributed by atoms with Gasteiger partial charge in [-0.15, -0.1) is 0 Å². The van der Waals surface area contributed by atoms with Gasteiger partial charge in [0, 0.05) is 32.9 Å². The lowest BCUT2D eigenvalue weighted by Crippen LogP contribution is -2.09. The second kappa shape index (κ2) is 9.23. The van der Waals surface area contributed by atoms with Crippen LogP contribution < -0.4 is 5.32 Å². The predicted molar refractivity (Wildman–Crippen MR) is 134 cm³/mol. The number of benzene rings is 3. The maximum absolute atomic E-state index is 12.7. The summed E-state index contributed by atoms with van der Waals surface area (Å²) in [5, 5.41) is 4.15. The minimum atomic E-state index is -0.357. The minimum Gasteiger partial charge on any atom is -0.332 e. The number of aromatic nitrogens is 4. The van der Waals surface area contributed by atoms with Crippen molar-refractivity contribution in [2.75, 3.05) is 5.32 Å². The van der Waals surface area contributed by atoms with E-state index in [0.717, 1.165) is 33.9 Å². The number of thioether (sulfide) groups is 1. The fourth-order valence-corrected chi connectivity index (χ4v) is 4.10. The summed E-state index contributed by atoms with van der Waals surface area (Å²) in [6.45, 7) is 0. The first kappa shape index (κ1) is 21.5. The van der Waals surface area contributed by atoms with Crippen molar-refractivity contribution in [2.24, 2.45) is 0 Å². The molecule has 0 bridgehead atoms. The summed E-state index contributed by atoms with van der Waals surface area (Å²) in [5.41, 5.74) is 4.64. The molecule has 2 aromatic heterocycles. The van der Waals surface area contributed by atoms with Gasteiger partial charge in [0.2, 0.25) is 5.95 Å². The SMILES string of the molecule is O=C(Nc1nc(-c2ccc(Cl)cc2)cc(-c2ccc(Cl)cc2)n1)Sc1nc2ccccc2[nH]1. The Bertz CT molecular complexity index is 1360. The highest BCUT2D eigenvalue weighted by atomic mass is 35.5. The number of anilines is 1. The number of para-hydroxylation sites is 2. The van der Waals surface area contributed by atoms with Gasteiger partial charge in [0.05, 0.1) is 22.4 Å². The molecule has 0 saturated carbocycles. The lowest BCUT2D eigenvalue weighted by Gasteiger charge is -2.09. The molecule has 0 radical (unpaired) electrons. The zero-order chi connectivity index (χ0) is 22.8. The van der Waals surface area contributed by atoms with Crippen LogP contribution in [-0.4, -0.2) is 25.2 Å². The van der Waals surface area contributed by atoms with Gasteiger partial charge in [-0.1, -0.05) is 59.6 Å². The third-order valence-electron chi connectivity index (χ3n) is 4.78. The number of amides is 1. The summed E-state index contributed by atoms with van der Waals surface area (Å²) >= 11 is 13.0. The summed E-state index contributed by atoms with van der Waals surface area (Å²) in [6.07, 6.45) is 0. The van der Waals surface area contributed by atoms with Gasteiger partial charge in [0.1, 0.15) is 0 Å². The number of hydrogen-bond donors (Lipinski definition) is 2. The molecule has 0 aliphatic rings. The molecule has 6 nitrogen and oxygen atoms in total. The predicted octanol–water partition coefficient (Wildman–Crippen LogP) is 7.32. The molecule has 0 aliphatic carbocycles. The second-order valence-corrected chi connectivity index (χ2v) is 8.88. The van der Waals surface area contributed by atoms with E-state index in [-0.39, 0.29) is 11.2 Å². The van der Waals surface area contributed by atoms with Crippen molar-refractivity contribution < 1.29 is 4.79 Å². The summed E-state index contributed by atoms with van der Waals surface area (Å²) < 4.78 is 0. The molecule has 0 fully saturated rings. The van der Waals surface area contributed by atoms with E-state index >= 15 is 0 Å². The first-order valence-electron chi connectivity index (χ1n) is 9.88. The van der Waals surface area contributed by atoms with Crippen LogP contribution in [0.4, 0.5) is 10.7 Å². The second-order valence-electron chi connectivity index (χ2n) is 7.05. The van der Waals surface area contributed by atoms with Crippen molar-refractivity contribution in [1.29, 1.82) is 0 Å². The topological polar surface area (TPSA) is 83.6 Å². The van der Waals surface area contributed by atoms with E-state index in [1.54, 1.807) is 24.3 Å². The van der Waals surface area contributed by atoms with Gasteiger partial charge < -0.3 is 4.98 Å². The van der Waals surface area contributed by atoms with Crippen molar-refractivity contribution >= 4 is 57.2 Å². The van der Waals surface area contributed by atoms with Gasteiger partial charge in [-0.05, 0) is 42.5 Å². The van der Waals surface area contributed by atoms with Gasteiger partial charge in [-0.3, -0.25) is 10.1 Å². The van der Waals surface area contributed by atoms with Gasteiger partial charge in [0.15, 0.2) is 5.16 Å². The Morgan fingerprint density at radius 1 is 0.788 bits per heavy atom. The maximum atomic E-state index is 12.7. The number of aromatic amines is 1. The van der Waals surface area contributed by atoms with E-state index in [9.17, 15) is 4.79 Å². The molecule has 33 heavy (non-hydrogen) atoms. The van der Waals surface area contributed by atoms with E-state index in [2.05, 4.69) is 25.3 Å². The number of hydrogen-bond acceptors (Lipinski definition) is 5. The van der Waals surface area contributed by atoms with Crippen LogP contribution in [0.15, 0.2) is 84.0 Å². The van der Waals surface area contributed by atoms with E-state index < -0.39 is 0 Å². The molecule has 9 heteroatoms. The van der Waals surface area contributed by atoms with Crippen molar-refractivity contribution in [3.63, 3.8) is 0 Å². The van der Waals surface area contributed by atoms with E-state index in [0.29, 0.717) is 26.6 Å². The molecular formula is C24H15Cl2N5OS. The zero-order valence-electron chi connectivity index (χ0n) is 16.9. The van der Waals surface area contributed by atoms with Crippen LogP contribution in [-0.2, 0) is 0 Å². The maximum Gasteiger partial charge on any atom is 0.293 e. The Labute approximate surface area is 203 Å². The van der Waals surface area contributed by atoms with E-state index in [4.69, 9.17) is 23.2 Å². The van der Waals surface area contributed by atoms with Crippen LogP contribution in [0.2, 0.25) is 10.0 Å².